The quantitative estimate of drug-likeness (QED) is 0.938. The maximum atomic E-state index is 13.2. The second-order valence-electron chi connectivity index (χ2n) is 5.62. The van der Waals surface area contributed by atoms with Crippen molar-refractivity contribution in [3.05, 3.63) is 59.9 Å². The van der Waals surface area contributed by atoms with Crippen LogP contribution >= 0.6 is 0 Å². The van der Waals surface area contributed by atoms with Gasteiger partial charge in [0.1, 0.15) is 11.6 Å². The topological polar surface area (TPSA) is 49.8 Å². The van der Waals surface area contributed by atoms with Crippen molar-refractivity contribution in [2.45, 2.75) is 12.5 Å². The van der Waals surface area contributed by atoms with Crippen LogP contribution in [0.3, 0.4) is 0 Å². The molecule has 23 heavy (non-hydrogen) atoms. The molecule has 1 N–H and O–H groups in total. The standard InChI is InChI=1S/C18H18FNO3/c1-23-15-8-2-12(3-9-15)17-16(18(21)22)10-11-20(17)14-6-4-13(19)5-7-14/h2-9,16-17H,10-11H2,1H3,(H,21,22). The molecule has 2 aromatic rings. The summed E-state index contributed by atoms with van der Waals surface area (Å²) in [4.78, 5) is 13.7. The van der Waals surface area contributed by atoms with Gasteiger partial charge in [-0.15, -0.1) is 0 Å². The van der Waals surface area contributed by atoms with E-state index in [-0.39, 0.29) is 11.9 Å². The number of aliphatic carboxylic acids is 1. The molecule has 1 fully saturated rings. The van der Waals surface area contributed by atoms with Crippen molar-refractivity contribution < 1.29 is 19.0 Å². The molecule has 1 heterocycles. The molecule has 1 aliphatic heterocycles. The van der Waals surface area contributed by atoms with Crippen molar-refractivity contribution in [1.82, 2.24) is 0 Å². The first-order valence-electron chi connectivity index (χ1n) is 7.49. The molecule has 0 bridgehead atoms. The number of nitrogens with zero attached hydrogens (tertiary/aromatic N) is 1. The summed E-state index contributed by atoms with van der Waals surface area (Å²) in [5.74, 6) is -0.875. The molecule has 3 rings (SSSR count). The first kappa shape index (κ1) is 15.3. The van der Waals surface area contributed by atoms with Crippen LogP contribution in [0.15, 0.2) is 48.5 Å². The molecule has 0 saturated carbocycles. The van der Waals surface area contributed by atoms with Crippen molar-refractivity contribution in [3.8, 4) is 5.75 Å². The number of methoxy groups -OCH3 is 1. The summed E-state index contributed by atoms with van der Waals surface area (Å²) in [7, 11) is 1.59. The van der Waals surface area contributed by atoms with Crippen LogP contribution in [-0.4, -0.2) is 24.7 Å². The summed E-state index contributed by atoms with van der Waals surface area (Å²) in [6.45, 7) is 0.624. The van der Waals surface area contributed by atoms with Crippen LogP contribution in [0.25, 0.3) is 0 Å². The van der Waals surface area contributed by atoms with Crippen molar-refractivity contribution >= 4 is 11.7 Å². The molecule has 2 atom stereocenters. The number of rotatable bonds is 4. The molecule has 120 valence electrons. The largest absolute Gasteiger partial charge is 0.497 e. The lowest BCUT2D eigenvalue weighted by Gasteiger charge is -2.29. The molecule has 4 nitrogen and oxygen atoms in total. The Labute approximate surface area is 134 Å². The Balaban J connectivity index is 1.97. The minimum absolute atomic E-state index is 0.274. The molecule has 1 aliphatic rings. The lowest BCUT2D eigenvalue weighted by molar-refractivity contribution is -0.141. The number of anilines is 1. The zero-order valence-electron chi connectivity index (χ0n) is 12.8. The van der Waals surface area contributed by atoms with Crippen molar-refractivity contribution in [2.75, 3.05) is 18.6 Å². The zero-order chi connectivity index (χ0) is 16.4. The van der Waals surface area contributed by atoms with Gasteiger partial charge in [-0.25, -0.2) is 4.39 Å². The van der Waals surface area contributed by atoms with Crippen LogP contribution in [-0.2, 0) is 4.79 Å². The Morgan fingerprint density at radius 1 is 1.17 bits per heavy atom. The van der Waals surface area contributed by atoms with Crippen LogP contribution in [0.1, 0.15) is 18.0 Å². The highest BCUT2D eigenvalue weighted by atomic mass is 19.1. The summed E-state index contributed by atoms with van der Waals surface area (Å²) >= 11 is 0. The lowest BCUT2D eigenvalue weighted by Crippen LogP contribution is -2.28. The van der Waals surface area contributed by atoms with E-state index in [9.17, 15) is 14.3 Å². The van der Waals surface area contributed by atoms with Gasteiger partial charge in [-0.3, -0.25) is 4.79 Å². The highest BCUT2D eigenvalue weighted by Crippen LogP contribution is 2.41. The van der Waals surface area contributed by atoms with Crippen LogP contribution in [0.2, 0.25) is 0 Å². The number of hydrogen-bond acceptors (Lipinski definition) is 3. The van der Waals surface area contributed by atoms with Crippen molar-refractivity contribution in [1.29, 1.82) is 0 Å². The second kappa shape index (κ2) is 6.28. The van der Waals surface area contributed by atoms with Gasteiger partial charge in [-0.1, -0.05) is 12.1 Å². The predicted molar refractivity (Wildman–Crippen MR) is 85.2 cm³/mol. The van der Waals surface area contributed by atoms with E-state index in [4.69, 9.17) is 4.74 Å². The molecular formula is C18H18FNO3. The fourth-order valence-electron chi connectivity index (χ4n) is 3.19. The van der Waals surface area contributed by atoms with E-state index in [1.807, 2.05) is 29.2 Å². The zero-order valence-corrected chi connectivity index (χ0v) is 12.8. The predicted octanol–water partition coefficient (Wildman–Crippen LogP) is 3.49. The van der Waals surface area contributed by atoms with E-state index in [0.29, 0.717) is 13.0 Å². The number of carboxylic acids is 1. The number of carbonyl (C=O) groups is 1. The minimum Gasteiger partial charge on any atom is -0.497 e. The van der Waals surface area contributed by atoms with E-state index in [1.54, 1.807) is 19.2 Å². The van der Waals surface area contributed by atoms with Gasteiger partial charge >= 0.3 is 5.97 Å². The minimum atomic E-state index is -0.810. The number of carboxylic acid groups (broad SMARTS) is 1. The molecular weight excluding hydrogens is 297 g/mol. The molecule has 1 saturated heterocycles. The third-order valence-electron chi connectivity index (χ3n) is 4.33. The first-order valence-corrected chi connectivity index (χ1v) is 7.49. The third-order valence-corrected chi connectivity index (χ3v) is 4.33. The lowest BCUT2D eigenvalue weighted by atomic mass is 9.93. The fourth-order valence-corrected chi connectivity index (χ4v) is 3.19. The first-order chi connectivity index (χ1) is 11.1. The Hall–Kier alpha value is -2.56. The van der Waals surface area contributed by atoms with Gasteiger partial charge in [0.15, 0.2) is 0 Å². The molecule has 0 aliphatic carbocycles. The molecule has 0 spiro atoms. The second-order valence-corrected chi connectivity index (χ2v) is 5.62. The Kier molecular flexibility index (Phi) is 4.19. The highest BCUT2D eigenvalue weighted by Gasteiger charge is 2.39. The number of hydrogen-bond donors (Lipinski definition) is 1. The average Bonchev–Trinajstić information content (AvgIpc) is 3.01. The third kappa shape index (κ3) is 2.99. The van der Waals surface area contributed by atoms with Crippen molar-refractivity contribution in [2.24, 2.45) is 5.92 Å². The van der Waals surface area contributed by atoms with Gasteiger partial charge < -0.3 is 14.7 Å². The molecule has 2 aromatic carbocycles. The SMILES string of the molecule is COc1ccc(C2C(C(=O)O)CCN2c2ccc(F)cc2)cc1. The monoisotopic (exact) mass is 315 g/mol. The number of ether oxygens (including phenoxy) is 1. The molecule has 0 aromatic heterocycles. The highest BCUT2D eigenvalue weighted by molar-refractivity contribution is 5.74. The maximum absolute atomic E-state index is 13.2. The Bertz CT molecular complexity index is 684. The van der Waals surface area contributed by atoms with E-state index in [0.717, 1.165) is 17.0 Å². The van der Waals surface area contributed by atoms with E-state index in [1.165, 1.54) is 12.1 Å². The van der Waals surface area contributed by atoms with Crippen LogP contribution in [0.5, 0.6) is 5.75 Å². The summed E-state index contributed by atoms with van der Waals surface area (Å²) in [6, 6.07) is 13.3. The molecule has 2 unspecified atom stereocenters. The van der Waals surface area contributed by atoms with Crippen molar-refractivity contribution in [3.63, 3.8) is 0 Å². The molecule has 0 radical (unpaired) electrons. The van der Waals surface area contributed by atoms with Gasteiger partial charge in [0.25, 0.3) is 0 Å². The van der Waals surface area contributed by atoms with Gasteiger partial charge in [-0.05, 0) is 48.4 Å². The smallest absolute Gasteiger partial charge is 0.309 e. The Morgan fingerprint density at radius 3 is 2.39 bits per heavy atom. The summed E-state index contributed by atoms with van der Waals surface area (Å²) in [5, 5.41) is 9.54. The molecule has 0 amide bonds. The van der Waals surface area contributed by atoms with Crippen LogP contribution in [0.4, 0.5) is 10.1 Å². The van der Waals surface area contributed by atoms with E-state index < -0.39 is 11.9 Å². The van der Waals surface area contributed by atoms with E-state index >= 15 is 0 Å². The summed E-state index contributed by atoms with van der Waals surface area (Å²) in [5.41, 5.74) is 1.75. The van der Waals surface area contributed by atoms with Crippen LogP contribution < -0.4 is 9.64 Å². The normalized spacial score (nSPS) is 20.5. The summed E-state index contributed by atoms with van der Waals surface area (Å²) < 4.78 is 18.3. The number of halogens is 1. The van der Waals surface area contributed by atoms with Gasteiger partial charge in [0, 0.05) is 12.2 Å². The Morgan fingerprint density at radius 2 is 1.83 bits per heavy atom. The number of benzene rings is 2. The van der Waals surface area contributed by atoms with Gasteiger partial charge in [0.05, 0.1) is 19.1 Å². The average molecular weight is 315 g/mol. The molecule has 5 heteroatoms. The van der Waals surface area contributed by atoms with Gasteiger partial charge in [-0.2, -0.15) is 0 Å². The van der Waals surface area contributed by atoms with Gasteiger partial charge in [0.2, 0.25) is 0 Å². The van der Waals surface area contributed by atoms with E-state index in [2.05, 4.69) is 0 Å². The summed E-state index contributed by atoms with van der Waals surface area (Å²) in [6.07, 6.45) is 0.559. The fraction of sp³-hybridized carbons (Fsp3) is 0.278. The maximum Gasteiger partial charge on any atom is 0.309 e. The van der Waals surface area contributed by atoms with Crippen LogP contribution in [0, 0.1) is 11.7 Å².